The van der Waals surface area contributed by atoms with Crippen molar-refractivity contribution in [3.05, 3.63) is 71.3 Å². The molecule has 0 saturated heterocycles. The van der Waals surface area contributed by atoms with E-state index in [4.69, 9.17) is 11.6 Å². The van der Waals surface area contributed by atoms with Crippen molar-refractivity contribution in [1.29, 1.82) is 0 Å². The van der Waals surface area contributed by atoms with Crippen molar-refractivity contribution in [1.82, 2.24) is 9.97 Å². The van der Waals surface area contributed by atoms with E-state index in [1.807, 2.05) is 54.6 Å². The Morgan fingerprint density at radius 3 is 2.59 bits per heavy atom. The molecule has 0 amide bonds. The molecule has 2 aromatic rings. The summed E-state index contributed by atoms with van der Waals surface area (Å²) < 4.78 is 0. The second-order valence-electron chi connectivity index (χ2n) is 3.38. The fraction of sp³-hybridized carbons (Fsp3) is 0. The fourth-order valence-corrected chi connectivity index (χ4v) is 1.50. The molecule has 2 aromatic heterocycles. The summed E-state index contributed by atoms with van der Waals surface area (Å²) in [6.45, 7) is 0. The van der Waals surface area contributed by atoms with Crippen molar-refractivity contribution in [3.63, 3.8) is 0 Å². The Labute approximate surface area is 105 Å². The molecular weight excluding hydrogens is 232 g/mol. The molecule has 0 unspecified atom stereocenters. The third kappa shape index (κ3) is 3.85. The van der Waals surface area contributed by atoms with Crippen molar-refractivity contribution >= 4 is 23.8 Å². The zero-order valence-corrected chi connectivity index (χ0v) is 9.88. The Hall–Kier alpha value is -1.93. The standard InChI is InChI=1S/C14H11ClN2/c15-14-11-12(8-10-17-14)5-1-2-6-13-7-3-4-9-16-13/h1-11H. The van der Waals surface area contributed by atoms with Crippen molar-refractivity contribution in [3.8, 4) is 0 Å². The molecule has 0 N–H and O–H groups in total. The maximum absolute atomic E-state index is 5.78. The molecule has 0 saturated carbocycles. The minimum atomic E-state index is 0.501. The summed E-state index contributed by atoms with van der Waals surface area (Å²) in [5, 5.41) is 0.501. The van der Waals surface area contributed by atoms with Gasteiger partial charge in [0.1, 0.15) is 5.15 Å². The fourth-order valence-electron chi connectivity index (χ4n) is 1.32. The minimum Gasteiger partial charge on any atom is -0.257 e. The molecule has 0 aliphatic rings. The average Bonchev–Trinajstić information content (AvgIpc) is 2.36. The molecule has 0 aliphatic heterocycles. The van der Waals surface area contributed by atoms with Crippen LogP contribution in [0.25, 0.3) is 12.2 Å². The summed E-state index contributed by atoms with van der Waals surface area (Å²) >= 11 is 5.78. The lowest BCUT2D eigenvalue weighted by Gasteiger charge is -1.92. The predicted molar refractivity (Wildman–Crippen MR) is 71.6 cm³/mol. The van der Waals surface area contributed by atoms with Crippen molar-refractivity contribution in [2.24, 2.45) is 0 Å². The normalized spacial score (nSPS) is 11.4. The quantitative estimate of drug-likeness (QED) is 0.603. The summed E-state index contributed by atoms with van der Waals surface area (Å²) in [6, 6.07) is 9.52. The Morgan fingerprint density at radius 2 is 1.82 bits per heavy atom. The number of hydrogen-bond acceptors (Lipinski definition) is 2. The lowest BCUT2D eigenvalue weighted by atomic mass is 10.2. The first kappa shape index (κ1) is 11.6. The van der Waals surface area contributed by atoms with Gasteiger partial charge in [-0.1, -0.05) is 35.9 Å². The summed E-state index contributed by atoms with van der Waals surface area (Å²) in [6.07, 6.45) is 11.2. The maximum atomic E-state index is 5.78. The van der Waals surface area contributed by atoms with Gasteiger partial charge >= 0.3 is 0 Å². The van der Waals surface area contributed by atoms with Gasteiger partial charge < -0.3 is 0 Å². The summed E-state index contributed by atoms with van der Waals surface area (Å²) in [7, 11) is 0. The van der Waals surface area contributed by atoms with Crippen molar-refractivity contribution in [2.75, 3.05) is 0 Å². The molecule has 2 nitrogen and oxygen atoms in total. The van der Waals surface area contributed by atoms with Gasteiger partial charge in [-0.25, -0.2) is 4.98 Å². The third-order valence-electron chi connectivity index (χ3n) is 2.11. The van der Waals surface area contributed by atoms with Crippen LogP contribution in [0.1, 0.15) is 11.3 Å². The molecule has 17 heavy (non-hydrogen) atoms. The zero-order chi connectivity index (χ0) is 11.9. The molecule has 0 aliphatic carbocycles. The number of halogens is 1. The van der Waals surface area contributed by atoms with Gasteiger partial charge in [-0.05, 0) is 35.9 Å². The SMILES string of the molecule is Clc1cc(C=CC=Cc2ccccn2)ccn1. The first-order valence-corrected chi connectivity index (χ1v) is 5.60. The van der Waals surface area contributed by atoms with E-state index in [1.54, 1.807) is 12.4 Å². The van der Waals surface area contributed by atoms with E-state index < -0.39 is 0 Å². The van der Waals surface area contributed by atoms with Gasteiger partial charge in [0.05, 0.1) is 5.69 Å². The van der Waals surface area contributed by atoms with Gasteiger partial charge in [0.15, 0.2) is 0 Å². The van der Waals surface area contributed by atoms with Gasteiger partial charge in [-0.3, -0.25) is 4.98 Å². The number of rotatable bonds is 3. The lowest BCUT2D eigenvalue weighted by Crippen LogP contribution is -1.76. The van der Waals surface area contributed by atoms with Crippen molar-refractivity contribution in [2.45, 2.75) is 0 Å². The Kier molecular flexibility index (Phi) is 4.05. The molecule has 0 spiro atoms. The number of allylic oxidation sites excluding steroid dienone is 2. The Bertz CT molecular complexity index is 533. The average molecular weight is 243 g/mol. The highest BCUT2D eigenvalue weighted by molar-refractivity contribution is 6.29. The first-order chi connectivity index (χ1) is 8.34. The molecule has 84 valence electrons. The van der Waals surface area contributed by atoms with E-state index in [-0.39, 0.29) is 0 Å². The molecular formula is C14H11ClN2. The number of nitrogens with zero attached hydrogens (tertiary/aromatic N) is 2. The second-order valence-corrected chi connectivity index (χ2v) is 3.77. The van der Waals surface area contributed by atoms with Gasteiger partial charge in [0.25, 0.3) is 0 Å². The topological polar surface area (TPSA) is 25.8 Å². The molecule has 2 heterocycles. The van der Waals surface area contributed by atoms with Crippen LogP contribution >= 0.6 is 11.6 Å². The van der Waals surface area contributed by atoms with Crippen LogP contribution in [0.3, 0.4) is 0 Å². The van der Waals surface area contributed by atoms with E-state index in [1.165, 1.54) is 0 Å². The lowest BCUT2D eigenvalue weighted by molar-refractivity contribution is 1.30. The Morgan fingerprint density at radius 1 is 0.941 bits per heavy atom. The van der Waals surface area contributed by atoms with E-state index >= 15 is 0 Å². The Balaban J connectivity index is 2.01. The van der Waals surface area contributed by atoms with E-state index in [0.717, 1.165) is 11.3 Å². The van der Waals surface area contributed by atoms with Crippen LogP contribution in [0, 0.1) is 0 Å². The van der Waals surface area contributed by atoms with E-state index in [9.17, 15) is 0 Å². The van der Waals surface area contributed by atoms with Crippen LogP contribution in [0.2, 0.25) is 5.15 Å². The number of aromatic nitrogens is 2. The van der Waals surface area contributed by atoms with Gasteiger partial charge in [-0.15, -0.1) is 0 Å². The molecule has 0 radical (unpaired) electrons. The van der Waals surface area contributed by atoms with Crippen LogP contribution in [0.15, 0.2) is 54.9 Å². The monoisotopic (exact) mass is 242 g/mol. The number of pyridine rings is 2. The molecule has 3 heteroatoms. The molecule has 0 bridgehead atoms. The van der Waals surface area contributed by atoms with Gasteiger partial charge in [0.2, 0.25) is 0 Å². The van der Waals surface area contributed by atoms with Gasteiger partial charge in [0, 0.05) is 12.4 Å². The zero-order valence-electron chi connectivity index (χ0n) is 9.12. The number of hydrogen-bond donors (Lipinski definition) is 0. The molecule has 0 aromatic carbocycles. The highest BCUT2D eigenvalue weighted by Gasteiger charge is 1.88. The van der Waals surface area contributed by atoms with Crippen LogP contribution in [-0.4, -0.2) is 9.97 Å². The van der Waals surface area contributed by atoms with E-state index in [0.29, 0.717) is 5.15 Å². The predicted octanol–water partition coefficient (Wildman–Crippen LogP) is 3.86. The van der Waals surface area contributed by atoms with E-state index in [2.05, 4.69) is 9.97 Å². The third-order valence-corrected chi connectivity index (χ3v) is 2.31. The second kappa shape index (κ2) is 5.97. The van der Waals surface area contributed by atoms with Crippen LogP contribution in [0.5, 0.6) is 0 Å². The summed E-state index contributed by atoms with van der Waals surface area (Å²) in [5.41, 5.74) is 1.96. The highest BCUT2D eigenvalue weighted by atomic mass is 35.5. The molecule has 2 rings (SSSR count). The minimum absolute atomic E-state index is 0.501. The van der Waals surface area contributed by atoms with Crippen molar-refractivity contribution < 1.29 is 0 Å². The molecule has 0 fully saturated rings. The van der Waals surface area contributed by atoms with Gasteiger partial charge in [-0.2, -0.15) is 0 Å². The van der Waals surface area contributed by atoms with Crippen LogP contribution in [0.4, 0.5) is 0 Å². The summed E-state index contributed by atoms with van der Waals surface area (Å²) in [5.74, 6) is 0. The maximum Gasteiger partial charge on any atom is 0.129 e. The smallest absolute Gasteiger partial charge is 0.129 e. The molecule has 0 atom stereocenters. The highest BCUT2D eigenvalue weighted by Crippen LogP contribution is 2.08. The first-order valence-electron chi connectivity index (χ1n) is 5.22. The van der Waals surface area contributed by atoms with Crippen LogP contribution in [-0.2, 0) is 0 Å². The largest absolute Gasteiger partial charge is 0.257 e. The summed E-state index contributed by atoms with van der Waals surface area (Å²) in [4.78, 5) is 8.10. The van der Waals surface area contributed by atoms with Crippen LogP contribution < -0.4 is 0 Å².